The van der Waals surface area contributed by atoms with Crippen molar-refractivity contribution < 1.29 is 87.9 Å². The Morgan fingerprint density at radius 3 is 1.49 bits per heavy atom. The number of carbonyl (C=O) groups is 2. The molecule has 13 unspecified atom stereocenters. The van der Waals surface area contributed by atoms with Gasteiger partial charge < -0.3 is 64.7 Å². The van der Waals surface area contributed by atoms with Crippen molar-refractivity contribution in [2.45, 2.75) is 261 Å². The summed E-state index contributed by atoms with van der Waals surface area (Å²) in [4.78, 5) is 36.5. The second kappa shape index (κ2) is 36.3. The summed E-state index contributed by atoms with van der Waals surface area (Å²) in [6, 6.07) is 0. The Kier molecular flexibility index (Phi) is 33.4. The van der Waals surface area contributed by atoms with Crippen molar-refractivity contribution in [1.29, 1.82) is 0 Å². The van der Waals surface area contributed by atoms with Crippen LogP contribution in [0.15, 0.2) is 12.2 Å². The molecule has 1 saturated carbocycles. The molecule has 1 aliphatic heterocycles. The van der Waals surface area contributed by atoms with Crippen molar-refractivity contribution in [1.82, 2.24) is 0 Å². The topological polar surface area (TPSA) is 289 Å². The molecule has 0 amide bonds. The van der Waals surface area contributed by atoms with Gasteiger partial charge in [-0.05, 0) is 38.5 Å². The molecule has 0 aromatic carbocycles. The van der Waals surface area contributed by atoms with Gasteiger partial charge in [-0.1, -0.05) is 148 Å². The van der Waals surface area contributed by atoms with Crippen LogP contribution in [0.25, 0.3) is 0 Å². The van der Waals surface area contributed by atoms with Gasteiger partial charge in [-0.15, -0.1) is 0 Å². The van der Waals surface area contributed by atoms with Crippen LogP contribution in [0.3, 0.4) is 0 Å². The van der Waals surface area contributed by atoms with E-state index in [-0.39, 0.29) is 12.8 Å². The van der Waals surface area contributed by atoms with Gasteiger partial charge in [-0.2, -0.15) is 0 Å². The maximum atomic E-state index is 13.4. The fourth-order valence-corrected chi connectivity index (χ4v) is 9.20. The summed E-state index contributed by atoms with van der Waals surface area (Å²) in [5, 5.41) is 82.9. The highest BCUT2D eigenvalue weighted by atomic mass is 31.2. The van der Waals surface area contributed by atoms with E-state index in [1.165, 1.54) is 70.6 Å². The van der Waals surface area contributed by atoms with Crippen molar-refractivity contribution >= 4 is 19.8 Å². The van der Waals surface area contributed by atoms with Crippen molar-refractivity contribution in [3.63, 3.8) is 0 Å². The van der Waals surface area contributed by atoms with E-state index in [9.17, 15) is 59.9 Å². The summed E-state index contributed by atoms with van der Waals surface area (Å²) in [6.07, 6.45) is 8.68. The monoisotopic (exact) mass is 985 g/mol. The predicted molar refractivity (Wildman–Crippen MR) is 249 cm³/mol. The van der Waals surface area contributed by atoms with E-state index in [1.54, 1.807) is 0 Å². The minimum absolute atomic E-state index is 0.0360. The maximum absolute atomic E-state index is 13.4. The van der Waals surface area contributed by atoms with Gasteiger partial charge >= 0.3 is 19.8 Å². The van der Waals surface area contributed by atoms with Gasteiger partial charge in [0.1, 0.15) is 67.6 Å². The summed E-state index contributed by atoms with van der Waals surface area (Å²) in [5.41, 5.74) is 0. The Balaban J connectivity index is 1.94. The van der Waals surface area contributed by atoms with Gasteiger partial charge in [-0.3, -0.25) is 18.6 Å². The molecule has 0 spiro atoms. The van der Waals surface area contributed by atoms with Gasteiger partial charge in [-0.25, -0.2) is 4.57 Å². The molecule has 0 aromatic rings. The smallest absolute Gasteiger partial charge is 0.462 e. The normalized spacial score (nSPS) is 28.1. The molecule has 0 aromatic heterocycles. The highest BCUT2D eigenvalue weighted by Crippen LogP contribution is 2.48. The van der Waals surface area contributed by atoms with Crippen LogP contribution >= 0.6 is 7.82 Å². The number of allylic oxidation sites excluding steroid dienone is 2. The van der Waals surface area contributed by atoms with E-state index in [1.807, 2.05) is 0 Å². The van der Waals surface area contributed by atoms with Crippen molar-refractivity contribution in [2.75, 3.05) is 19.8 Å². The van der Waals surface area contributed by atoms with E-state index < -0.39 is 113 Å². The number of hydrogen-bond acceptors (Lipinski definition) is 17. The zero-order valence-corrected chi connectivity index (χ0v) is 41.3. The number of phosphoric acid groups is 1. The largest absolute Gasteiger partial charge is 0.472 e. The molecule has 0 radical (unpaired) electrons. The molecule has 18 nitrogen and oxygen atoms in total. The minimum Gasteiger partial charge on any atom is -0.462 e. The first-order valence-corrected chi connectivity index (χ1v) is 27.0. The van der Waals surface area contributed by atoms with Crippen LogP contribution in [0.5, 0.6) is 0 Å². The Morgan fingerprint density at radius 2 is 0.985 bits per heavy atom. The third-order valence-corrected chi connectivity index (χ3v) is 13.5. The van der Waals surface area contributed by atoms with Crippen LogP contribution in [-0.4, -0.2) is 151 Å². The second-order valence-corrected chi connectivity index (χ2v) is 19.8. The van der Waals surface area contributed by atoms with Gasteiger partial charge in [0, 0.05) is 12.8 Å². The molecular weight excluding hydrogens is 895 g/mol. The average molecular weight is 985 g/mol. The summed E-state index contributed by atoms with van der Waals surface area (Å²) >= 11 is 0. The second-order valence-electron chi connectivity index (χ2n) is 18.4. The number of unbranched alkanes of at least 4 members (excludes halogenated alkanes) is 22. The first kappa shape index (κ1) is 61.5. The third-order valence-electron chi connectivity index (χ3n) is 12.5. The number of esters is 2. The fraction of sp³-hybridized carbons (Fsp3) is 0.917. The summed E-state index contributed by atoms with van der Waals surface area (Å²) in [5.74, 6) is -1.22. The summed E-state index contributed by atoms with van der Waals surface area (Å²) in [6.45, 7) is 2.21. The predicted octanol–water partition coefficient (Wildman–Crippen LogP) is 5.71. The van der Waals surface area contributed by atoms with Crippen LogP contribution < -0.4 is 0 Å². The molecule has 1 heterocycles. The van der Waals surface area contributed by atoms with Gasteiger partial charge in [0.05, 0.1) is 13.2 Å². The molecule has 67 heavy (non-hydrogen) atoms. The molecule has 1 aliphatic carbocycles. The van der Waals surface area contributed by atoms with Crippen LogP contribution in [0.4, 0.5) is 0 Å². The lowest BCUT2D eigenvalue weighted by molar-refractivity contribution is -0.338. The van der Waals surface area contributed by atoms with E-state index in [0.717, 1.165) is 77.0 Å². The average Bonchev–Trinajstić information content (AvgIpc) is 3.31. The molecule has 1 saturated heterocycles. The Labute approximate surface area is 399 Å². The first-order valence-electron chi connectivity index (χ1n) is 25.5. The van der Waals surface area contributed by atoms with Gasteiger partial charge in [0.25, 0.3) is 0 Å². The molecule has 0 bridgehead atoms. The van der Waals surface area contributed by atoms with E-state index in [0.29, 0.717) is 12.8 Å². The van der Waals surface area contributed by atoms with Crippen molar-refractivity contribution in [3.8, 4) is 0 Å². The highest BCUT2D eigenvalue weighted by molar-refractivity contribution is 7.47. The Bertz CT molecular complexity index is 1360. The van der Waals surface area contributed by atoms with Crippen LogP contribution in [-0.2, 0) is 42.1 Å². The highest BCUT2D eigenvalue weighted by Gasteiger charge is 2.55. The van der Waals surface area contributed by atoms with Gasteiger partial charge in [0.2, 0.25) is 0 Å². The lowest BCUT2D eigenvalue weighted by Crippen LogP contribution is -2.67. The molecular formula is C48H89O18P. The third kappa shape index (κ3) is 25.4. The number of carbonyl (C=O) groups excluding carboxylic acids is 2. The number of ether oxygens (including phenoxy) is 4. The SMILES string of the molecule is CCCCCCC=CCCCCCCCCCC(=O)OCC(COP(=O)(O)OC1C(O)C(O)C(O)C(O)C1OC1OC(CO)C(O)C(O)C1O)OC(=O)CCCCCCCCCCCCCC. The number of rotatable bonds is 39. The fourth-order valence-electron chi connectivity index (χ4n) is 8.23. The van der Waals surface area contributed by atoms with Crippen molar-refractivity contribution in [3.05, 3.63) is 12.2 Å². The molecule has 394 valence electrons. The van der Waals surface area contributed by atoms with Crippen LogP contribution in [0.1, 0.15) is 187 Å². The lowest BCUT2D eigenvalue weighted by Gasteiger charge is -2.47. The van der Waals surface area contributed by atoms with Crippen LogP contribution in [0.2, 0.25) is 0 Å². The van der Waals surface area contributed by atoms with E-state index >= 15 is 0 Å². The Morgan fingerprint density at radius 1 is 0.552 bits per heavy atom. The number of aliphatic hydroxyl groups excluding tert-OH is 8. The summed E-state index contributed by atoms with van der Waals surface area (Å²) < 4.78 is 45.4. The van der Waals surface area contributed by atoms with Gasteiger partial charge in [0.15, 0.2) is 12.4 Å². The van der Waals surface area contributed by atoms with E-state index in [4.69, 9.17) is 28.0 Å². The first-order chi connectivity index (χ1) is 32.2. The molecule has 2 rings (SSSR count). The number of phosphoric ester groups is 1. The van der Waals surface area contributed by atoms with E-state index in [2.05, 4.69) is 26.0 Å². The molecule has 2 aliphatic rings. The number of aliphatic hydroxyl groups is 8. The quantitative estimate of drug-likeness (QED) is 0.0154. The lowest BCUT2D eigenvalue weighted by atomic mass is 9.84. The molecule has 19 heteroatoms. The van der Waals surface area contributed by atoms with Crippen LogP contribution in [0, 0.1) is 0 Å². The zero-order chi connectivity index (χ0) is 49.5. The minimum atomic E-state index is -5.37. The zero-order valence-electron chi connectivity index (χ0n) is 40.4. The molecule has 13 atom stereocenters. The molecule has 2 fully saturated rings. The van der Waals surface area contributed by atoms with Crippen molar-refractivity contribution in [2.24, 2.45) is 0 Å². The summed E-state index contributed by atoms with van der Waals surface area (Å²) in [7, 11) is -5.37. The standard InChI is InChI=1S/C48H89O18P/c1-3-5-7-9-11-13-15-17-18-19-21-22-24-26-28-30-37(50)61-33-35(63-38(51)31-29-27-25-23-20-16-14-12-10-8-6-4-2)34-62-67(59,60)66-47-44(57)42(55)41(54)43(56)46(47)65-48-45(58)40(53)39(52)36(32-49)64-48/h13,15,35-36,39-49,52-58H,3-12,14,16-34H2,1-2H3,(H,59,60). The maximum Gasteiger partial charge on any atom is 0.472 e. The molecule has 9 N–H and O–H groups in total. The number of hydrogen-bond donors (Lipinski definition) is 9. The Hall–Kier alpha value is -1.61.